The molecule has 1 amide bonds. The van der Waals surface area contributed by atoms with Gasteiger partial charge in [0.25, 0.3) is 11.5 Å². The first kappa shape index (κ1) is 19.3. The topological polar surface area (TPSA) is 152 Å². The van der Waals surface area contributed by atoms with Crippen LogP contribution < -0.4 is 16.6 Å². The SMILES string of the molecule is Nc1ccc2nc(C(=O)NCc3cccc(COCc4ncn[nH]4)c3)[nH]c(=O)c2c1. The van der Waals surface area contributed by atoms with Crippen molar-refractivity contribution in [1.29, 1.82) is 0 Å². The Morgan fingerprint density at radius 3 is 2.83 bits per heavy atom. The van der Waals surface area contributed by atoms with Gasteiger partial charge in [0.1, 0.15) is 18.8 Å². The van der Waals surface area contributed by atoms with E-state index in [4.69, 9.17) is 10.5 Å². The molecule has 0 aliphatic rings. The van der Waals surface area contributed by atoms with Gasteiger partial charge in [0.15, 0.2) is 5.82 Å². The first-order chi connectivity index (χ1) is 14.6. The molecule has 0 bridgehead atoms. The van der Waals surface area contributed by atoms with Crippen LogP contribution in [0.1, 0.15) is 27.6 Å². The molecule has 0 radical (unpaired) electrons. The highest BCUT2D eigenvalue weighted by Gasteiger charge is 2.11. The molecule has 0 saturated heterocycles. The number of ether oxygens (including phenoxy) is 1. The van der Waals surface area contributed by atoms with E-state index in [2.05, 4.69) is 30.5 Å². The first-order valence-electron chi connectivity index (χ1n) is 9.16. The molecule has 0 aliphatic carbocycles. The zero-order valence-corrected chi connectivity index (χ0v) is 15.9. The minimum Gasteiger partial charge on any atom is -0.399 e. The number of hydrogen-bond acceptors (Lipinski definition) is 7. The third kappa shape index (κ3) is 4.50. The lowest BCUT2D eigenvalue weighted by Gasteiger charge is -2.08. The molecule has 0 atom stereocenters. The number of carbonyl (C=O) groups excluding carboxylic acids is 1. The van der Waals surface area contributed by atoms with Crippen molar-refractivity contribution < 1.29 is 9.53 Å². The van der Waals surface area contributed by atoms with E-state index in [0.717, 1.165) is 11.1 Å². The minimum absolute atomic E-state index is 0.0520. The van der Waals surface area contributed by atoms with Crippen LogP contribution in [0.15, 0.2) is 53.6 Å². The van der Waals surface area contributed by atoms with Gasteiger partial charge in [-0.2, -0.15) is 5.10 Å². The molecule has 2 aromatic carbocycles. The lowest BCUT2D eigenvalue weighted by atomic mass is 10.1. The van der Waals surface area contributed by atoms with Gasteiger partial charge < -0.3 is 20.8 Å². The van der Waals surface area contributed by atoms with Crippen molar-refractivity contribution in [2.45, 2.75) is 19.8 Å². The van der Waals surface area contributed by atoms with Gasteiger partial charge in [-0.15, -0.1) is 0 Å². The summed E-state index contributed by atoms with van der Waals surface area (Å²) in [6.07, 6.45) is 1.43. The Hall–Kier alpha value is -4.05. The summed E-state index contributed by atoms with van der Waals surface area (Å²) in [6, 6.07) is 12.4. The van der Waals surface area contributed by atoms with E-state index in [9.17, 15) is 9.59 Å². The minimum atomic E-state index is -0.474. The highest BCUT2D eigenvalue weighted by molar-refractivity contribution is 5.92. The predicted octanol–water partition coefficient (Wildman–Crippen LogP) is 1.27. The van der Waals surface area contributed by atoms with E-state index in [1.807, 2.05) is 24.3 Å². The van der Waals surface area contributed by atoms with Crippen LogP contribution in [0.2, 0.25) is 0 Å². The zero-order valence-electron chi connectivity index (χ0n) is 15.9. The lowest BCUT2D eigenvalue weighted by Crippen LogP contribution is -2.27. The molecule has 30 heavy (non-hydrogen) atoms. The third-order valence-electron chi connectivity index (χ3n) is 4.36. The van der Waals surface area contributed by atoms with Gasteiger partial charge in [-0.05, 0) is 29.3 Å². The number of carbonyl (C=O) groups is 1. The number of aromatic amines is 2. The highest BCUT2D eigenvalue weighted by atomic mass is 16.5. The number of benzene rings is 2. The van der Waals surface area contributed by atoms with E-state index in [0.29, 0.717) is 35.6 Å². The van der Waals surface area contributed by atoms with Gasteiger partial charge in [-0.25, -0.2) is 9.97 Å². The number of amides is 1. The molecule has 0 unspecified atom stereocenters. The van der Waals surface area contributed by atoms with E-state index in [1.54, 1.807) is 12.1 Å². The number of nitrogens with zero attached hydrogens (tertiary/aromatic N) is 3. The number of nitrogens with two attached hydrogens (primary N) is 1. The zero-order chi connectivity index (χ0) is 20.9. The second kappa shape index (κ2) is 8.53. The van der Waals surface area contributed by atoms with Crippen LogP contribution in [0.4, 0.5) is 5.69 Å². The maximum Gasteiger partial charge on any atom is 0.287 e. The van der Waals surface area contributed by atoms with Gasteiger partial charge in [0.05, 0.1) is 17.5 Å². The van der Waals surface area contributed by atoms with Gasteiger partial charge >= 0.3 is 0 Å². The predicted molar refractivity (Wildman–Crippen MR) is 109 cm³/mol. The molecule has 4 rings (SSSR count). The molecule has 0 fully saturated rings. The second-order valence-electron chi connectivity index (χ2n) is 6.62. The molecular weight excluding hydrogens is 386 g/mol. The largest absolute Gasteiger partial charge is 0.399 e. The number of nitrogen functional groups attached to an aromatic ring is 1. The summed E-state index contributed by atoms with van der Waals surface area (Å²) < 4.78 is 5.60. The third-order valence-corrected chi connectivity index (χ3v) is 4.36. The van der Waals surface area contributed by atoms with Crippen LogP contribution in [-0.2, 0) is 24.5 Å². The van der Waals surface area contributed by atoms with E-state index >= 15 is 0 Å². The molecular formula is C20H19N7O3. The van der Waals surface area contributed by atoms with Crippen molar-refractivity contribution in [3.05, 3.63) is 81.9 Å². The van der Waals surface area contributed by atoms with Gasteiger partial charge in [0.2, 0.25) is 0 Å². The number of anilines is 1. The van der Waals surface area contributed by atoms with Crippen molar-refractivity contribution in [3.63, 3.8) is 0 Å². The monoisotopic (exact) mass is 405 g/mol. The normalized spacial score (nSPS) is 10.9. The van der Waals surface area contributed by atoms with E-state index < -0.39 is 11.5 Å². The molecule has 152 valence electrons. The summed E-state index contributed by atoms with van der Waals surface area (Å²) in [7, 11) is 0. The molecule has 0 spiro atoms. The van der Waals surface area contributed by atoms with Crippen LogP contribution in [0, 0.1) is 0 Å². The number of aromatic nitrogens is 5. The average molecular weight is 405 g/mol. The molecule has 2 heterocycles. The van der Waals surface area contributed by atoms with Crippen molar-refractivity contribution in [2.24, 2.45) is 0 Å². The summed E-state index contributed by atoms with van der Waals surface area (Å²) in [4.78, 5) is 35.4. The van der Waals surface area contributed by atoms with Crippen LogP contribution in [0.3, 0.4) is 0 Å². The Morgan fingerprint density at radius 2 is 2.00 bits per heavy atom. The van der Waals surface area contributed by atoms with Gasteiger partial charge in [-0.3, -0.25) is 14.7 Å². The Labute approximate surface area is 170 Å². The fourth-order valence-electron chi connectivity index (χ4n) is 2.93. The summed E-state index contributed by atoms with van der Waals surface area (Å²) in [5, 5.41) is 9.60. The van der Waals surface area contributed by atoms with Crippen molar-refractivity contribution in [3.8, 4) is 0 Å². The Kier molecular flexibility index (Phi) is 5.48. The number of nitrogens with one attached hydrogen (secondary N) is 3. The quantitative estimate of drug-likeness (QED) is 0.338. The van der Waals surface area contributed by atoms with Gasteiger partial charge in [0, 0.05) is 12.2 Å². The Bertz CT molecular complexity index is 1230. The standard InChI is InChI=1S/C20H19N7O3/c21-14-4-5-16-15(7-14)19(28)26-18(25-16)20(29)22-8-12-2-1-3-13(6-12)9-30-10-17-23-11-24-27-17/h1-7,11H,8-10,21H2,(H,22,29)(H,23,24,27)(H,25,26,28). The smallest absolute Gasteiger partial charge is 0.287 e. The van der Waals surface area contributed by atoms with Crippen molar-refractivity contribution in [2.75, 3.05) is 5.73 Å². The fraction of sp³-hybridized carbons (Fsp3) is 0.150. The summed E-state index contributed by atoms with van der Waals surface area (Å²) in [6.45, 7) is 0.997. The molecule has 5 N–H and O–H groups in total. The summed E-state index contributed by atoms with van der Waals surface area (Å²) in [5.74, 6) is 0.125. The van der Waals surface area contributed by atoms with Crippen molar-refractivity contribution in [1.82, 2.24) is 30.5 Å². The first-order valence-corrected chi connectivity index (χ1v) is 9.16. The van der Waals surface area contributed by atoms with Crippen LogP contribution >= 0.6 is 0 Å². The van der Waals surface area contributed by atoms with Gasteiger partial charge in [-0.1, -0.05) is 24.3 Å². The molecule has 2 aromatic heterocycles. The van der Waals surface area contributed by atoms with Crippen molar-refractivity contribution >= 4 is 22.5 Å². The van der Waals surface area contributed by atoms with E-state index in [-0.39, 0.29) is 12.4 Å². The molecule has 10 nitrogen and oxygen atoms in total. The maximum atomic E-state index is 12.5. The molecule has 10 heteroatoms. The molecule has 0 saturated carbocycles. The number of fused-ring (bicyclic) bond motifs is 1. The second-order valence-corrected chi connectivity index (χ2v) is 6.62. The maximum absolute atomic E-state index is 12.5. The Balaban J connectivity index is 1.38. The molecule has 0 aliphatic heterocycles. The average Bonchev–Trinajstić information content (AvgIpc) is 3.26. The number of hydrogen-bond donors (Lipinski definition) is 4. The fourth-order valence-corrected chi connectivity index (χ4v) is 2.93. The number of rotatable bonds is 7. The summed E-state index contributed by atoms with van der Waals surface area (Å²) >= 11 is 0. The lowest BCUT2D eigenvalue weighted by molar-refractivity contribution is 0.0940. The highest BCUT2D eigenvalue weighted by Crippen LogP contribution is 2.12. The molecule has 4 aromatic rings. The number of H-pyrrole nitrogens is 2. The van der Waals surface area contributed by atoms with Crippen LogP contribution in [-0.4, -0.2) is 31.1 Å². The van der Waals surface area contributed by atoms with E-state index in [1.165, 1.54) is 12.4 Å². The Morgan fingerprint density at radius 1 is 1.13 bits per heavy atom. The van der Waals surface area contributed by atoms with Crippen LogP contribution in [0.5, 0.6) is 0 Å². The summed E-state index contributed by atoms with van der Waals surface area (Å²) in [5.41, 5.74) is 7.99. The van der Waals surface area contributed by atoms with Crippen LogP contribution in [0.25, 0.3) is 10.9 Å².